The number of furan rings is 1. The van der Waals surface area contributed by atoms with E-state index in [-0.39, 0.29) is 11.8 Å². The van der Waals surface area contributed by atoms with Crippen LogP contribution in [0.3, 0.4) is 0 Å². The highest BCUT2D eigenvalue weighted by atomic mass is 19.1. The molecular weight excluding hydrogens is 337 g/mol. The molecule has 2 heterocycles. The van der Waals surface area contributed by atoms with Gasteiger partial charge in [-0.3, -0.25) is 4.79 Å². The van der Waals surface area contributed by atoms with Crippen molar-refractivity contribution >= 4 is 11.6 Å². The minimum Gasteiger partial charge on any atom is -0.461 e. The molecule has 0 bridgehead atoms. The first kappa shape index (κ1) is 15.8. The van der Waals surface area contributed by atoms with Crippen molar-refractivity contribution in [2.75, 3.05) is 5.32 Å². The minimum absolute atomic E-state index is 0.242. The molecule has 6 nitrogen and oxygen atoms in total. The number of anilines is 1. The third-order valence-electron chi connectivity index (χ3n) is 3.68. The van der Waals surface area contributed by atoms with Gasteiger partial charge in [-0.15, -0.1) is 0 Å². The molecule has 2 aromatic carbocycles. The first-order chi connectivity index (χ1) is 12.7. The number of halogens is 1. The molecule has 26 heavy (non-hydrogen) atoms. The van der Waals surface area contributed by atoms with E-state index in [1.165, 1.54) is 30.5 Å². The van der Waals surface area contributed by atoms with E-state index in [0.29, 0.717) is 28.4 Å². The normalized spacial score (nSPS) is 10.7. The zero-order valence-electron chi connectivity index (χ0n) is 13.3. The molecule has 4 aromatic rings. The molecule has 1 N–H and O–H groups in total. The van der Waals surface area contributed by atoms with Gasteiger partial charge in [0.2, 0.25) is 5.82 Å². The molecule has 0 radical (unpaired) electrons. The summed E-state index contributed by atoms with van der Waals surface area (Å²) in [6, 6.07) is 15.8. The Morgan fingerprint density at radius 2 is 1.81 bits per heavy atom. The fraction of sp³-hybridized carbons (Fsp3) is 0. The summed E-state index contributed by atoms with van der Waals surface area (Å²) in [4.78, 5) is 16.7. The Balaban J connectivity index is 1.63. The molecule has 0 spiro atoms. The summed E-state index contributed by atoms with van der Waals surface area (Å²) in [6.45, 7) is 0. The number of hydrogen-bond acceptors (Lipinski definition) is 5. The number of carbonyl (C=O) groups is 1. The van der Waals surface area contributed by atoms with Gasteiger partial charge in [0.05, 0.1) is 17.5 Å². The Morgan fingerprint density at radius 1 is 1.00 bits per heavy atom. The van der Waals surface area contributed by atoms with Crippen molar-refractivity contribution in [1.29, 1.82) is 0 Å². The Bertz CT molecular complexity index is 1040. The number of rotatable bonds is 4. The van der Waals surface area contributed by atoms with E-state index in [9.17, 15) is 9.18 Å². The fourth-order valence-electron chi connectivity index (χ4n) is 2.41. The largest absolute Gasteiger partial charge is 0.461 e. The first-order valence-electron chi connectivity index (χ1n) is 7.74. The van der Waals surface area contributed by atoms with Gasteiger partial charge < -0.3 is 14.3 Å². The van der Waals surface area contributed by atoms with E-state index in [1.54, 1.807) is 36.4 Å². The van der Waals surface area contributed by atoms with Crippen molar-refractivity contribution in [2.45, 2.75) is 0 Å². The maximum atomic E-state index is 13.0. The van der Waals surface area contributed by atoms with Crippen molar-refractivity contribution in [1.82, 2.24) is 10.1 Å². The predicted octanol–water partition coefficient (Wildman–Crippen LogP) is 4.39. The summed E-state index contributed by atoms with van der Waals surface area (Å²) >= 11 is 0. The smallest absolute Gasteiger partial charge is 0.260 e. The number of para-hydroxylation sites is 1. The van der Waals surface area contributed by atoms with Gasteiger partial charge in [-0.05, 0) is 48.5 Å². The lowest BCUT2D eigenvalue weighted by Crippen LogP contribution is -2.12. The molecular formula is C19H12FN3O3. The molecule has 0 atom stereocenters. The fourth-order valence-corrected chi connectivity index (χ4v) is 2.41. The topological polar surface area (TPSA) is 81.2 Å². The molecule has 0 unspecified atom stereocenters. The summed E-state index contributed by atoms with van der Waals surface area (Å²) in [7, 11) is 0. The third kappa shape index (κ3) is 3.10. The molecule has 0 aliphatic rings. The summed E-state index contributed by atoms with van der Waals surface area (Å²) in [6.07, 6.45) is 1.52. The van der Waals surface area contributed by atoms with Crippen LogP contribution in [0.2, 0.25) is 0 Å². The number of benzene rings is 2. The number of carbonyl (C=O) groups excluding carboxylic acids is 1. The van der Waals surface area contributed by atoms with E-state index < -0.39 is 5.82 Å². The van der Waals surface area contributed by atoms with Gasteiger partial charge in [0, 0.05) is 5.56 Å². The van der Waals surface area contributed by atoms with Crippen molar-refractivity contribution in [3.63, 3.8) is 0 Å². The Hall–Kier alpha value is -3.74. The quantitative estimate of drug-likeness (QED) is 0.591. The summed E-state index contributed by atoms with van der Waals surface area (Å²) in [5, 5.41) is 6.67. The summed E-state index contributed by atoms with van der Waals surface area (Å²) < 4.78 is 23.6. The third-order valence-corrected chi connectivity index (χ3v) is 3.68. The molecule has 0 saturated carbocycles. The zero-order chi connectivity index (χ0) is 17.9. The van der Waals surface area contributed by atoms with E-state index in [4.69, 9.17) is 8.94 Å². The highest BCUT2D eigenvalue weighted by Gasteiger charge is 2.17. The molecule has 1 amide bonds. The average Bonchev–Trinajstić information content (AvgIpc) is 3.34. The first-order valence-corrected chi connectivity index (χ1v) is 7.74. The highest BCUT2D eigenvalue weighted by molar-refractivity contribution is 6.05. The van der Waals surface area contributed by atoms with Gasteiger partial charge in [-0.25, -0.2) is 4.39 Å². The monoisotopic (exact) mass is 349 g/mol. The van der Waals surface area contributed by atoms with E-state index in [1.807, 2.05) is 0 Å². The summed E-state index contributed by atoms with van der Waals surface area (Å²) in [5.74, 6) is 0.255. The van der Waals surface area contributed by atoms with E-state index >= 15 is 0 Å². The SMILES string of the molecule is O=C(Nc1ccccc1-c1nc(-c2ccco2)no1)c1ccc(F)cc1. The lowest BCUT2D eigenvalue weighted by molar-refractivity contribution is 0.102. The Labute approximate surface area is 147 Å². The van der Waals surface area contributed by atoms with E-state index in [2.05, 4.69) is 15.5 Å². The van der Waals surface area contributed by atoms with Crippen LogP contribution < -0.4 is 5.32 Å². The van der Waals surface area contributed by atoms with Crippen molar-refractivity contribution in [2.24, 2.45) is 0 Å². The molecule has 0 fully saturated rings. The van der Waals surface area contributed by atoms with Crippen LogP contribution in [0.1, 0.15) is 10.4 Å². The maximum absolute atomic E-state index is 13.0. The van der Waals surface area contributed by atoms with Crippen LogP contribution in [0.4, 0.5) is 10.1 Å². The molecule has 2 aromatic heterocycles. The van der Waals surface area contributed by atoms with Crippen LogP contribution in [0.5, 0.6) is 0 Å². The van der Waals surface area contributed by atoms with Crippen molar-refractivity contribution < 1.29 is 18.1 Å². The van der Waals surface area contributed by atoms with E-state index in [0.717, 1.165) is 0 Å². The Kier molecular flexibility index (Phi) is 4.03. The van der Waals surface area contributed by atoms with Crippen LogP contribution in [-0.2, 0) is 0 Å². The molecule has 0 saturated heterocycles. The molecule has 128 valence electrons. The van der Waals surface area contributed by atoms with Crippen LogP contribution in [0.15, 0.2) is 75.9 Å². The van der Waals surface area contributed by atoms with Crippen LogP contribution >= 0.6 is 0 Å². The van der Waals surface area contributed by atoms with Gasteiger partial charge >= 0.3 is 0 Å². The van der Waals surface area contributed by atoms with Crippen molar-refractivity contribution in [3.8, 4) is 23.0 Å². The zero-order valence-corrected chi connectivity index (χ0v) is 13.3. The second-order valence-electron chi connectivity index (χ2n) is 5.41. The number of nitrogens with one attached hydrogen (secondary N) is 1. The number of hydrogen-bond donors (Lipinski definition) is 1. The second-order valence-corrected chi connectivity index (χ2v) is 5.41. The van der Waals surface area contributed by atoms with Crippen LogP contribution in [0.25, 0.3) is 23.0 Å². The predicted molar refractivity (Wildman–Crippen MR) is 91.8 cm³/mol. The van der Waals surface area contributed by atoms with Gasteiger partial charge in [0.1, 0.15) is 5.82 Å². The molecule has 0 aliphatic heterocycles. The molecule has 4 rings (SSSR count). The van der Waals surface area contributed by atoms with Gasteiger partial charge in [-0.1, -0.05) is 17.3 Å². The van der Waals surface area contributed by atoms with Gasteiger partial charge in [0.15, 0.2) is 5.76 Å². The number of nitrogens with zero attached hydrogens (tertiary/aromatic N) is 2. The second kappa shape index (κ2) is 6.64. The standard InChI is InChI=1S/C19H12FN3O3/c20-13-9-7-12(8-10-13)18(24)21-15-5-2-1-4-14(15)19-22-17(23-26-19)16-6-3-11-25-16/h1-11H,(H,21,24). The van der Waals surface area contributed by atoms with Gasteiger partial charge in [0.25, 0.3) is 11.8 Å². The molecule has 7 heteroatoms. The average molecular weight is 349 g/mol. The number of amides is 1. The minimum atomic E-state index is -0.404. The number of aromatic nitrogens is 2. The van der Waals surface area contributed by atoms with Crippen LogP contribution in [-0.4, -0.2) is 16.0 Å². The Morgan fingerprint density at radius 3 is 2.58 bits per heavy atom. The van der Waals surface area contributed by atoms with Gasteiger partial charge in [-0.2, -0.15) is 4.98 Å². The summed E-state index contributed by atoms with van der Waals surface area (Å²) in [5.41, 5.74) is 1.40. The molecule has 0 aliphatic carbocycles. The maximum Gasteiger partial charge on any atom is 0.260 e. The highest BCUT2D eigenvalue weighted by Crippen LogP contribution is 2.28. The lowest BCUT2D eigenvalue weighted by Gasteiger charge is -2.08. The lowest BCUT2D eigenvalue weighted by atomic mass is 10.1. The van der Waals surface area contributed by atoms with Crippen LogP contribution in [0, 0.1) is 5.82 Å². The van der Waals surface area contributed by atoms with Crippen molar-refractivity contribution in [3.05, 3.63) is 78.3 Å².